The van der Waals surface area contributed by atoms with E-state index in [1.54, 1.807) is 18.2 Å². The molecule has 0 bridgehead atoms. The van der Waals surface area contributed by atoms with Crippen molar-refractivity contribution in [1.29, 1.82) is 0 Å². The van der Waals surface area contributed by atoms with Crippen LogP contribution in [0.25, 0.3) is 0 Å². The van der Waals surface area contributed by atoms with Crippen LogP contribution in [0.2, 0.25) is 10.0 Å². The number of halogens is 2. The highest BCUT2D eigenvalue weighted by atomic mass is 35.5. The summed E-state index contributed by atoms with van der Waals surface area (Å²) in [6.07, 6.45) is 0.586. The number of hydrogen-bond donors (Lipinski definition) is 2. The molecule has 2 aliphatic heterocycles. The van der Waals surface area contributed by atoms with Gasteiger partial charge in [0.05, 0.1) is 5.69 Å². The van der Waals surface area contributed by atoms with E-state index in [4.69, 9.17) is 23.2 Å². The van der Waals surface area contributed by atoms with Gasteiger partial charge in [-0.2, -0.15) is 0 Å². The molecule has 2 N–H and O–H groups in total. The highest BCUT2D eigenvalue weighted by Gasteiger charge is 2.53. The van der Waals surface area contributed by atoms with Gasteiger partial charge in [-0.05, 0) is 31.2 Å². The van der Waals surface area contributed by atoms with Crippen molar-refractivity contribution in [3.8, 4) is 0 Å². The van der Waals surface area contributed by atoms with E-state index in [0.29, 0.717) is 35.2 Å². The summed E-state index contributed by atoms with van der Waals surface area (Å²) in [6.45, 7) is 1.15. The number of nitrogens with zero attached hydrogens (tertiary/aromatic N) is 1. The summed E-state index contributed by atoms with van der Waals surface area (Å²) in [4.78, 5) is 25.6. The SMILES string of the molecule is O=C1NC2(CCNC2)C(=O)N1c1cc(Cl)cc(Cl)c1. The standard InChI is InChI=1S/C12H11Cl2N3O2/c13-7-3-8(14)5-9(4-7)17-10(18)12(16-11(17)19)1-2-15-6-12/h3-5,15H,1-2,6H2,(H,16,19). The molecule has 2 aliphatic rings. The molecule has 1 spiro atoms. The van der Waals surface area contributed by atoms with Crippen molar-refractivity contribution in [2.24, 2.45) is 0 Å². The van der Waals surface area contributed by atoms with Gasteiger partial charge in [-0.3, -0.25) is 4.79 Å². The second kappa shape index (κ2) is 4.37. The molecule has 0 aliphatic carbocycles. The van der Waals surface area contributed by atoms with Gasteiger partial charge in [-0.25, -0.2) is 9.69 Å². The van der Waals surface area contributed by atoms with E-state index in [0.717, 1.165) is 4.90 Å². The maximum absolute atomic E-state index is 12.5. The van der Waals surface area contributed by atoms with Crippen LogP contribution < -0.4 is 15.5 Å². The molecule has 19 heavy (non-hydrogen) atoms. The number of carbonyl (C=O) groups excluding carboxylic acids is 2. The van der Waals surface area contributed by atoms with Crippen molar-refractivity contribution >= 4 is 40.8 Å². The fraction of sp³-hybridized carbons (Fsp3) is 0.333. The van der Waals surface area contributed by atoms with Crippen molar-refractivity contribution in [3.63, 3.8) is 0 Å². The van der Waals surface area contributed by atoms with E-state index >= 15 is 0 Å². The van der Waals surface area contributed by atoms with Crippen LogP contribution in [0, 0.1) is 0 Å². The Morgan fingerprint density at radius 3 is 2.42 bits per heavy atom. The van der Waals surface area contributed by atoms with Crippen LogP contribution in [0.1, 0.15) is 6.42 Å². The van der Waals surface area contributed by atoms with Crippen LogP contribution in [0.15, 0.2) is 18.2 Å². The van der Waals surface area contributed by atoms with Crippen LogP contribution in [0.5, 0.6) is 0 Å². The Labute approximate surface area is 119 Å². The molecule has 0 aromatic heterocycles. The van der Waals surface area contributed by atoms with Gasteiger partial charge in [0.25, 0.3) is 5.91 Å². The number of hydrogen-bond acceptors (Lipinski definition) is 3. The zero-order valence-corrected chi connectivity index (χ0v) is 11.4. The Balaban J connectivity index is 2.01. The number of anilines is 1. The molecule has 2 saturated heterocycles. The molecule has 1 aromatic rings. The molecular weight excluding hydrogens is 289 g/mol. The molecule has 100 valence electrons. The van der Waals surface area contributed by atoms with Gasteiger partial charge >= 0.3 is 6.03 Å². The smallest absolute Gasteiger partial charge is 0.321 e. The van der Waals surface area contributed by atoms with E-state index in [2.05, 4.69) is 10.6 Å². The number of imide groups is 1. The third-order valence-electron chi connectivity index (χ3n) is 3.42. The number of rotatable bonds is 1. The van der Waals surface area contributed by atoms with Crippen LogP contribution in [-0.2, 0) is 4.79 Å². The first-order valence-corrected chi connectivity index (χ1v) is 6.61. The fourth-order valence-corrected chi connectivity index (χ4v) is 3.02. The summed E-state index contributed by atoms with van der Waals surface area (Å²) < 4.78 is 0. The summed E-state index contributed by atoms with van der Waals surface area (Å²) in [6, 6.07) is 4.21. The Hall–Kier alpha value is -1.30. The number of amides is 3. The van der Waals surface area contributed by atoms with Crippen molar-refractivity contribution < 1.29 is 9.59 Å². The van der Waals surface area contributed by atoms with E-state index in [1.165, 1.54) is 0 Å². The second-order valence-electron chi connectivity index (χ2n) is 4.71. The number of benzene rings is 1. The van der Waals surface area contributed by atoms with Crippen molar-refractivity contribution in [3.05, 3.63) is 28.2 Å². The molecule has 3 amide bonds. The molecule has 5 nitrogen and oxygen atoms in total. The van der Waals surface area contributed by atoms with Crippen LogP contribution in [0.4, 0.5) is 10.5 Å². The predicted molar refractivity (Wildman–Crippen MR) is 72.7 cm³/mol. The lowest BCUT2D eigenvalue weighted by Gasteiger charge is -2.19. The van der Waals surface area contributed by atoms with E-state index in [9.17, 15) is 9.59 Å². The average molecular weight is 300 g/mol. The monoisotopic (exact) mass is 299 g/mol. The van der Waals surface area contributed by atoms with Gasteiger partial charge in [0, 0.05) is 16.6 Å². The lowest BCUT2D eigenvalue weighted by molar-refractivity contribution is -0.121. The average Bonchev–Trinajstić information content (AvgIpc) is 2.85. The van der Waals surface area contributed by atoms with Crippen LogP contribution in [-0.4, -0.2) is 30.6 Å². The van der Waals surface area contributed by atoms with Crippen LogP contribution in [0.3, 0.4) is 0 Å². The van der Waals surface area contributed by atoms with Gasteiger partial charge in [-0.1, -0.05) is 23.2 Å². The van der Waals surface area contributed by atoms with Gasteiger partial charge in [0.15, 0.2) is 0 Å². The lowest BCUT2D eigenvalue weighted by Crippen LogP contribution is -2.48. The molecule has 1 unspecified atom stereocenters. The Bertz CT molecular complexity index is 550. The maximum atomic E-state index is 12.5. The van der Waals surface area contributed by atoms with Gasteiger partial charge < -0.3 is 10.6 Å². The molecule has 2 fully saturated rings. The second-order valence-corrected chi connectivity index (χ2v) is 5.58. The lowest BCUT2D eigenvalue weighted by atomic mass is 9.99. The zero-order valence-electron chi connectivity index (χ0n) is 9.87. The Morgan fingerprint density at radius 2 is 1.84 bits per heavy atom. The molecule has 2 heterocycles. The third kappa shape index (κ3) is 1.98. The minimum Gasteiger partial charge on any atom is -0.321 e. The molecule has 7 heteroatoms. The van der Waals surface area contributed by atoms with Gasteiger partial charge in [-0.15, -0.1) is 0 Å². The summed E-state index contributed by atoms with van der Waals surface area (Å²) in [5.74, 6) is -0.263. The van der Waals surface area contributed by atoms with Crippen molar-refractivity contribution in [1.82, 2.24) is 10.6 Å². The summed E-state index contributed by atoms with van der Waals surface area (Å²) in [5.41, 5.74) is -0.435. The molecule has 0 radical (unpaired) electrons. The highest BCUT2D eigenvalue weighted by molar-refractivity contribution is 6.35. The molecule has 1 aromatic carbocycles. The fourth-order valence-electron chi connectivity index (χ4n) is 2.50. The predicted octanol–water partition coefficient (Wildman–Crippen LogP) is 1.78. The maximum Gasteiger partial charge on any atom is 0.329 e. The minimum absolute atomic E-state index is 0.263. The first kappa shape index (κ1) is 12.7. The zero-order chi connectivity index (χ0) is 13.6. The normalized spacial score (nSPS) is 26.3. The summed E-state index contributed by atoms with van der Waals surface area (Å²) in [5, 5.41) is 6.61. The Kier molecular flexibility index (Phi) is 2.92. The van der Waals surface area contributed by atoms with Gasteiger partial charge in [0.2, 0.25) is 0 Å². The molecule has 1 atom stereocenters. The summed E-state index contributed by atoms with van der Waals surface area (Å²) in [7, 11) is 0. The Morgan fingerprint density at radius 1 is 1.16 bits per heavy atom. The third-order valence-corrected chi connectivity index (χ3v) is 3.86. The van der Waals surface area contributed by atoms with E-state index in [-0.39, 0.29) is 5.91 Å². The van der Waals surface area contributed by atoms with Gasteiger partial charge in [0.1, 0.15) is 5.54 Å². The van der Waals surface area contributed by atoms with Crippen molar-refractivity contribution in [2.45, 2.75) is 12.0 Å². The van der Waals surface area contributed by atoms with E-state index < -0.39 is 11.6 Å². The number of carbonyl (C=O) groups is 2. The summed E-state index contributed by atoms with van der Waals surface area (Å²) >= 11 is 11.8. The quantitative estimate of drug-likeness (QED) is 0.777. The first-order chi connectivity index (χ1) is 9.02. The first-order valence-electron chi connectivity index (χ1n) is 5.85. The largest absolute Gasteiger partial charge is 0.329 e. The number of nitrogens with one attached hydrogen (secondary N) is 2. The van der Waals surface area contributed by atoms with Crippen LogP contribution >= 0.6 is 23.2 Å². The highest BCUT2D eigenvalue weighted by Crippen LogP contribution is 2.32. The topological polar surface area (TPSA) is 61.4 Å². The number of urea groups is 1. The molecule has 3 rings (SSSR count). The minimum atomic E-state index is -0.828. The molecule has 0 saturated carbocycles. The van der Waals surface area contributed by atoms with E-state index in [1.807, 2.05) is 0 Å². The molecular formula is C12H11Cl2N3O2. The van der Waals surface area contributed by atoms with Crippen molar-refractivity contribution in [2.75, 3.05) is 18.0 Å².